The zero-order valence-corrected chi connectivity index (χ0v) is 25.0. The molecule has 1 aromatic carbocycles. The van der Waals surface area contributed by atoms with E-state index in [-0.39, 0.29) is 30.1 Å². The molecule has 3 fully saturated rings. The van der Waals surface area contributed by atoms with Crippen LogP contribution in [0.15, 0.2) is 69.3 Å². The number of rotatable bonds is 8. The Labute approximate surface area is 250 Å². The lowest BCUT2D eigenvalue weighted by Crippen LogP contribution is -2.48. The molecular weight excluding hydrogens is 555 g/mol. The van der Waals surface area contributed by atoms with Crippen molar-refractivity contribution in [3.05, 3.63) is 76.1 Å². The normalized spacial score (nSPS) is 21.0. The predicted octanol–water partition coefficient (Wildman–Crippen LogP) is 5.28. The number of nitrogens with zero attached hydrogens (tertiary/aromatic N) is 4. The molecular formula is C31H37N5O3S2. The molecule has 5 heterocycles. The average Bonchev–Trinajstić information content (AvgIpc) is 3.67. The summed E-state index contributed by atoms with van der Waals surface area (Å²) in [6, 6.07) is 14.9. The molecule has 3 aliphatic heterocycles. The summed E-state index contributed by atoms with van der Waals surface area (Å²) >= 11 is 3.30. The zero-order chi connectivity index (χ0) is 28.2. The van der Waals surface area contributed by atoms with E-state index in [0.29, 0.717) is 5.56 Å². The molecule has 3 saturated heterocycles. The van der Waals surface area contributed by atoms with Gasteiger partial charge in [-0.05, 0) is 84.0 Å². The van der Waals surface area contributed by atoms with Crippen molar-refractivity contribution in [2.45, 2.75) is 60.3 Å². The average molecular weight is 592 g/mol. The first-order valence-corrected chi connectivity index (χ1v) is 16.2. The molecule has 0 spiro atoms. The van der Waals surface area contributed by atoms with Crippen LogP contribution in [0.5, 0.6) is 0 Å². The molecule has 1 N–H and O–H groups in total. The Morgan fingerprint density at radius 2 is 1.83 bits per heavy atom. The third-order valence-corrected chi connectivity index (χ3v) is 10.1. The minimum atomic E-state index is -0.0840. The number of carbonyl (C=O) groups excluding carboxylic acids is 2. The summed E-state index contributed by atoms with van der Waals surface area (Å²) in [6.07, 6.45) is 5.81. The fraction of sp³-hybridized carbons (Fsp3) is 0.452. The van der Waals surface area contributed by atoms with Crippen molar-refractivity contribution in [1.29, 1.82) is 0 Å². The molecule has 0 saturated carbocycles. The molecule has 2 aromatic heterocycles. The fourth-order valence-corrected chi connectivity index (χ4v) is 7.66. The number of aromatic nitrogens is 1. The number of hydrogen-bond acceptors (Lipinski definition) is 7. The lowest BCUT2D eigenvalue weighted by Gasteiger charge is -2.39. The van der Waals surface area contributed by atoms with Crippen molar-refractivity contribution >= 4 is 35.0 Å². The molecule has 8 nitrogen and oxygen atoms in total. The number of ether oxygens (including phenoxy) is 1. The van der Waals surface area contributed by atoms with Gasteiger partial charge in [-0.1, -0.05) is 17.8 Å². The Hall–Kier alpha value is -2.92. The number of pyridine rings is 1. The quantitative estimate of drug-likeness (QED) is 0.384. The highest BCUT2D eigenvalue weighted by Gasteiger charge is 2.45. The maximum Gasteiger partial charge on any atom is 0.321 e. The van der Waals surface area contributed by atoms with Crippen LogP contribution >= 0.6 is 23.1 Å². The van der Waals surface area contributed by atoms with Gasteiger partial charge < -0.3 is 19.9 Å². The predicted molar refractivity (Wildman–Crippen MR) is 161 cm³/mol. The van der Waals surface area contributed by atoms with E-state index < -0.39 is 0 Å². The van der Waals surface area contributed by atoms with Crippen LogP contribution in [-0.4, -0.2) is 83.6 Å². The van der Waals surface area contributed by atoms with Crippen molar-refractivity contribution in [3.8, 4) is 0 Å². The monoisotopic (exact) mass is 591 g/mol. The Balaban J connectivity index is 1.04. The van der Waals surface area contributed by atoms with Gasteiger partial charge in [0.2, 0.25) is 0 Å². The third-order valence-electron chi connectivity index (χ3n) is 8.45. The summed E-state index contributed by atoms with van der Waals surface area (Å²) in [6.45, 7) is 5.08. The summed E-state index contributed by atoms with van der Waals surface area (Å²) < 4.78 is 5.57. The topological polar surface area (TPSA) is 78.0 Å². The largest absolute Gasteiger partial charge is 0.381 e. The van der Waals surface area contributed by atoms with Gasteiger partial charge in [-0.2, -0.15) is 11.3 Å². The maximum absolute atomic E-state index is 13.8. The molecule has 3 aliphatic rings. The van der Waals surface area contributed by atoms with Gasteiger partial charge in [0.15, 0.2) is 0 Å². The minimum absolute atomic E-state index is 0.0840. The van der Waals surface area contributed by atoms with Crippen molar-refractivity contribution in [1.82, 2.24) is 25.0 Å². The van der Waals surface area contributed by atoms with E-state index in [4.69, 9.17) is 4.74 Å². The first kappa shape index (κ1) is 28.2. The number of benzene rings is 1. The number of carbonyl (C=O) groups is 2. The molecule has 3 aromatic rings. The molecule has 216 valence electrons. The Kier molecular flexibility index (Phi) is 8.90. The molecule has 10 heteroatoms. The fourth-order valence-electron chi connectivity index (χ4n) is 6.20. The number of thiophene rings is 1. The van der Waals surface area contributed by atoms with Gasteiger partial charge in [-0.3, -0.25) is 9.69 Å². The van der Waals surface area contributed by atoms with Gasteiger partial charge in [0.25, 0.3) is 5.91 Å². The van der Waals surface area contributed by atoms with Gasteiger partial charge in [0.05, 0.1) is 6.04 Å². The number of urea groups is 1. The van der Waals surface area contributed by atoms with Crippen LogP contribution in [-0.2, 0) is 11.3 Å². The second-order valence-corrected chi connectivity index (χ2v) is 12.8. The molecule has 1 atom stereocenters. The van der Waals surface area contributed by atoms with E-state index in [1.54, 1.807) is 30.1 Å². The molecule has 1 unspecified atom stereocenters. The molecule has 6 rings (SSSR count). The summed E-state index contributed by atoms with van der Waals surface area (Å²) in [4.78, 5) is 38.1. The second kappa shape index (κ2) is 12.9. The smallest absolute Gasteiger partial charge is 0.321 e. The van der Waals surface area contributed by atoms with Gasteiger partial charge in [-0.15, -0.1) is 0 Å². The Morgan fingerprint density at radius 1 is 1.05 bits per heavy atom. The maximum atomic E-state index is 13.8. The van der Waals surface area contributed by atoms with E-state index in [1.807, 2.05) is 30.5 Å². The highest BCUT2D eigenvalue weighted by Crippen LogP contribution is 2.38. The van der Waals surface area contributed by atoms with Crippen molar-refractivity contribution in [3.63, 3.8) is 0 Å². The van der Waals surface area contributed by atoms with Gasteiger partial charge in [0, 0.05) is 75.2 Å². The van der Waals surface area contributed by atoms with Crippen LogP contribution in [0.1, 0.15) is 53.2 Å². The summed E-state index contributed by atoms with van der Waals surface area (Å²) in [5.74, 6) is -0.0840. The number of hydrogen-bond donors (Lipinski definition) is 1. The van der Waals surface area contributed by atoms with Crippen molar-refractivity contribution in [2.75, 3.05) is 39.9 Å². The molecule has 41 heavy (non-hydrogen) atoms. The summed E-state index contributed by atoms with van der Waals surface area (Å²) in [5.41, 5.74) is 3.12. The molecule has 3 amide bonds. The number of piperidine rings is 1. The van der Waals surface area contributed by atoms with Crippen LogP contribution in [0, 0.1) is 0 Å². The van der Waals surface area contributed by atoms with E-state index in [0.717, 1.165) is 75.0 Å². The lowest BCUT2D eigenvalue weighted by atomic mass is 10.00. The lowest BCUT2D eigenvalue weighted by molar-refractivity contribution is 0.0493. The second-order valence-electron chi connectivity index (χ2n) is 11.0. The standard InChI is InChI=1S/C31H37N5O3S2/c1-32-30(37)23-3-5-27(6-4-23)41-29-7-2-22(18-33-29)19-34-13-8-26(9-14-34)36-28(24-12-17-40-21-24)20-35(31(36)38)25-10-15-39-16-11-25/h2-7,12,17-18,21,25-26,28H,8-11,13-16,19-20H2,1H3,(H,32,37). The highest BCUT2D eigenvalue weighted by atomic mass is 32.2. The van der Waals surface area contributed by atoms with E-state index in [2.05, 4.69) is 54.0 Å². The Bertz CT molecular complexity index is 1300. The van der Waals surface area contributed by atoms with Crippen LogP contribution < -0.4 is 5.32 Å². The van der Waals surface area contributed by atoms with Crippen LogP contribution in [0.2, 0.25) is 0 Å². The van der Waals surface area contributed by atoms with Gasteiger partial charge in [0.1, 0.15) is 5.03 Å². The number of likely N-dealkylation sites (tertiary alicyclic amines) is 1. The number of nitrogens with one attached hydrogen (secondary N) is 1. The summed E-state index contributed by atoms with van der Waals surface area (Å²) in [5, 5.41) is 7.91. The Morgan fingerprint density at radius 3 is 2.49 bits per heavy atom. The molecule has 0 bridgehead atoms. The van der Waals surface area contributed by atoms with Crippen LogP contribution in [0.25, 0.3) is 0 Å². The van der Waals surface area contributed by atoms with E-state index in [1.165, 1.54) is 11.1 Å². The van der Waals surface area contributed by atoms with Crippen molar-refractivity contribution < 1.29 is 14.3 Å². The van der Waals surface area contributed by atoms with E-state index in [9.17, 15) is 9.59 Å². The van der Waals surface area contributed by atoms with Crippen molar-refractivity contribution in [2.24, 2.45) is 0 Å². The SMILES string of the molecule is CNC(=O)c1ccc(Sc2ccc(CN3CCC(N4C(=O)N(C5CCOCC5)CC4c4ccsc4)CC3)cn2)cc1. The highest BCUT2D eigenvalue weighted by molar-refractivity contribution is 7.99. The van der Waals surface area contributed by atoms with Crippen LogP contribution in [0.4, 0.5) is 4.79 Å². The van der Waals surface area contributed by atoms with Gasteiger partial charge >= 0.3 is 6.03 Å². The number of amides is 3. The third kappa shape index (κ3) is 6.45. The zero-order valence-electron chi connectivity index (χ0n) is 23.4. The first-order valence-electron chi connectivity index (χ1n) is 14.4. The molecule has 0 radical (unpaired) electrons. The van der Waals surface area contributed by atoms with Gasteiger partial charge in [-0.25, -0.2) is 9.78 Å². The minimum Gasteiger partial charge on any atom is -0.381 e. The first-order chi connectivity index (χ1) is 20.1. The van der Waals surface area contributed by atoms with Crippen LogP contribution in [0.3, 0.4) is 0 Å². The molecule has 0 aliphatic carbocycles. The summed E-state index contributed by atoms with van der Waals surface area (Å²) in [7, 11) is 1.64. The van der Waals surface area contributed by atoms with E-state index >= 15 is 0 Å².